The maximum atomic E-state index is 11.2. The molecule has 2 heterocycles. The molecule has 1 amide bonds. The normalized spacial score (nSPS) is 20.1. The Kier molecular flexibility index (Phi) is 3.11. The van der Waals surface area contributed by atoms with Gasteiger partial charge in [0.05, 0.1) is 0 Å². The lowest BCUT2D eigenvalue weighted by Gasteiger charge is -2.21. The van der Waals surface area contributed by atoms with Gasteiger partial charge in [-0.1, -0.05) is 0 Å². The highest BCUT2D eigenvalue weighted by Gasteiger charge is 2.31. The van der Waals surface area contributed by atoms with E-state index in [9.17, 15) is 4.79 Å². The molecule has 0 bridgehead atoms. The van der Waals surface area contributed by atoms with Crippen LogP contribution in [0.5, 0.6) is 0 Å². The Morgan fingerprint density at radius 2 is 1.94 bits per heavy atom. The van der Waals surface area contributed by atoms with Crippen molar-refractivity contribution in [1.29, 1.82) is 0 Å². The highest BCUT2D eigenvalue weighted by Crippen LogP contribution is 2.23. The third-order valence-corrected chi connectivity index (χ3v) is 2.75. The minimum absolute atomic E-state index is 0.00474. The average molecular weight is 262 g/mol. The Bertz CT molecular complexity index is 407. The van der Waals surface area contributed by atoms with E-state index in [2.05, 4.69) is 15.0 Å². The molecule has 1 aromatic heterocycles. The van der Waals surface area contributed by atoms with Crippen LogP contribution in [-0.2, 0) is 4.79 Å². The summed E-state index contributed by atoms with van der Waals surface area (Å²) in [4.78, 5) is 24.4. The molecular weight excluding hydrogens is 253 g/mol. The van der Waals surface area contributed by atoms with Crippen molar-refractivity contribution in [3.8, 4) is 0 Å². The summed E-state index contributed by atoms with van der Waals surface area (Å²) in [6.45, 7) is 0.657. The van der Waals surface area contributed by atoms with Crippen LogP contribution in [-0.4, -0.2) is 33.4 Å². The molecule has 86 valence electrons. The van der Waals surface area contributed by atoms with Gasteiger partial charge in [0.1, 0.15) is 6.04 Å². The SMILES string of the molecule is NC(=O)C1CCCN1c1nc(Cl)nc(Cl)n1. The number of carbonyl (C=O) groups is 1. The number of rotatable bonds is 2. The standard InChI is InChI=1S/C8H9Cl2N5O/c9-6-12-7(10)14-8(13-6)15-3-1-2-4(15)5(11)16/h4H,1-3H2,(H2,11,16). The molecule has 1 aliphatic rings. The quantitative estimate of drug-likeness (QED) is 0.845. The van der Waals surface area contributed by atoms with E-state index in [-0.39, 0.29) is 10.6 Å². The second-order valence-electron chi connectivity index (χ2n) is 3.43. The minimum atomic E-state index is -0.398. The number of carbonyl (C=O) groups excluding carboxylic acids is 1. The topological polar surface area (TPSA) is 85.0 Å². The smallest absolute Gasteiger partial charge is 0.240 e. The highest BCUT2D eigenvalue weighted by molar-refractivity contribution is 6.31. The van der Waals surface area contributed by atoms with Crippen molar-refractivity contribution in [2.45, 2.75) is 18.9 Å². The van der Waals surface area contributed by atoms with Gasteiger partial charge in [-0.15, -0.1) is 0 Å². The van der Waals surface area contributed by atoms with E-state index in [0.717, 1.165) is 6.42 Å². The summed E-state index contributed by atoms with van der Waals surface area (Å²) in [5.41, 5.74) is 5.28. The van der Waals surface area contributed by atoms with E-state index in [4.69, 9.17) is 28.9 Å². The third-order valence-electron chi connectivity index (χ3n) is 2.41. The number of nitrogens with zero attached hydrogens (tertiary/aromatic N) is 4. The Labute approximate surface area is 102 Å². The van der Waals surface area contributed by atoms with Crippen molar-refractivity contribution in [1.82, 2.24) is 15.0 Å². The first-order valence-corrected chi connectivity index (χ1v) is 5.46. The van der Waals surface area contributed by atoms with Gasteiger partial charge in [0.25, 0.3) is 0 Å². The summed E-state index contributed by atoms with van der Waals surface area (Å²) < 4.78 is 0. The summed E-state index contributed by atoms with van der Waals surface area (Å²) in [5.74, 6) is -0.101. The molecule has 0 radical (unpaired) electrons. The predicted octanol–water partition coefficient (Wildman–Crippen LogP) is 0.632. The summed E-state index contributed by atoms with van der Waals surface area (Å²) in [7, 11) is 0. The molecule has 1 atom stereocenters. The molecule has 2 N–H and O–H groups in total. The first-order valence-electron chi connectivity index (χ1n) is 4.71. The van der Waals surface area contributed by atoms with Crippen LogP contribution < -0.4 is 10.6 Å². The molecule has 0 aromatic carbocycles. The molecule has 0 spiro atoms. The van der Waals surface area contributed by atoms with Crippen LogP contribution in [0.1, 0.15) is 12.8 Å². The van der Waals surface area contributed by atoms with Crippen molar-refractivity contribution in [2.75, 3.05) is 11.4 Å². The maximum absolute atomic E-state index is 11.2. The zero-order chi connectivity index (χ0) is 11.7. The Hall–Kier alpha value is -1.14. The van der Waals surface area contributed by atoms with Gasteiger partial charge in [0.15, 0.2) is 0 Å². The lowest BCUT2D eigenvalue weighted by atomic mass is 10.2. The number of halogens is 2. The number of hydrogen-bond acceptors (Lipinski definition) is 5. The molecule has 2 rings (SSSR count). The second kappa shape index (κ2) is 4.39. The first-order chi connectivity index (χ1) is 7.58. The molecular formula is C8H9Cl2N5O. The number of anilines is 1. The van der Waals surface area contributed by atoms with Gasteiger partial charge in [-0.05, 0) is 36.0 Å². The van der Waals surface area contributed by atoms with Crippen molar-refractivity contribution in [3.05, 3.63) is 10.6 Å². The lowest BCUT2D eigenvalue weighted by molar-refractivity contribution is -0.119. The molecule has 6 nitrogen and oxygen atoms in total. The lowest BCUT2D eigenvalue weighted by Crippen LogP contribution is -2.41. The number of amides is 1. The second-order valence-corrected chi connectivity index (χ2v) is 4.10. The summed E-state index contributed by atoms with van der Waals surface area (Å²) in [6, 6.07) is -0.394. The molecule has 1 aliphatic heterocycles. The minimum Gasteiger partial charge on any atom is -0.368 e. The van der Waals surface area contributed by atoms with E-state index in [1.54, 1.807) is 4.90 Å². The van der Waals surface area contributed by atoms with Crippen LogP contribution in [0, 0.1) is 0 Å². The van der Waals surface area contributed by atoms with E-state index >= 15 is 0 Å². The monoisotopic (exact) mass is 261 g/mol. The van der Waals surface area contributed by atoms with Crippen LogP contribution in [0.25, 0.3) is 0 Å². The summed E-state index contributed by atoms with van der Waals surface area (Å²) in [5, 5.41) is 0.00948. The fraction of sp³-hybridized carbons (Fsp3) is 0.500. The van der Waals surface area contributed by atoms with Gasteiger partial charge in [-0.25, -0.2) is 0 Å². The largest absolute Gasteiger partial charge is 0.368 e. The first kappa shape index (κ1) is 11.3. The molecule has 1 saturated heterocycles. The van der Waals surface area contributed by atoms with E-state index in [1.165, 1.54) is 0 Å². The summed E-state index contributed by atoms with van der Waals surface area (Å²) >= 11 is 11.3. The zero-order valence-electron chi connectivity index (χ0n) is 8.23. The predicted molar refractivity (Wildman–Crippen MR) is 59.4 cm³/mol. The van der Waals surface area contributed by atoms with Crippen LogP contribution in [0.2, 0.25) is 10.6 Å². The molecule has 16 heavy (non-hydrogen) atoms. The number of aromatic nitrogens is 3. The van der Waals surface area contributed by atoms with Gasteiger partial charge in [0.2, 0.25) is 22.4 Å². The van der Waals surface area contributed by atoms with Crippen LogP contribution in [0.3, 0.4) is 0 Å². The average Bonchev–Trinajstić information content (AvgIpc) is 2.63. The number of hydrogen-bond donors (Lipinski definition) is 1. The van der Waals surface area contributed by atoms with E-state index < -0.39 is 11.9 Å². The van der Waals surface area contributed by atoms with Gasteiger partial charge in [0, 0.05) is 6.54 Å². The number of nitrogens with two attached hydrogens (primary N) is 1. The highest BCUT2D eigenvalue weighted by atomic mass is 35.5. The van der Waals surface area contributed by atoms with E-state index in [0.29, 0.717) is 18.9 Å². The summed E-state index contributed by atoms with van der Waals surface area (Å²) in [6.07, 6.45) is 1.55. The van der Waals surface area contributed by atoms with Gasteiger partial charge in [-0.2, -0.15) is 15.0 Å². The van der Waals surface area contributed by atoms with Gasteiger partial charge < -0.3 is 10.6 Å². The van der Waals surface area contributed by atoms with Crippen molar-refractivity contribution in [2.24, 2.45) is 5.73 Å². The van der Waals surface area contributed by atoms with Crippen LogP contribution in [0.15, 0.2) is 0 Å². The van der Waals surface area contributed by atoms with Gasteiger partial charge >= 0.3 is 0 Å². The third kappa shape index (κ3) is 2.17. The Morgan fingerprint density at radius 3 is 2.50 bits per heavy atom. The van der Waals surface area contributed by atoms with Crippen molar-refractivity contribution >= 4 is 35.1 Å². The van der Waals surface area contributed by atoms with Crippen LogP contribution in [0.4, 0.5) is 5.95 Å². The van der Waals surface area contributed by atoms with E-state index in [1.807, 2.05) is 0 Å². The molecule has 1 fully saturated rings. The molecule has 0 saturated carbocycles. The van der Waals surface area contributed by atoms with Gasteiger partial charge in [-0.3, -0.25) is 4.79 Å². The van der Waals surface area contributed by atoms with Crippen LogP contribution >= 0.6 is 23.2 Å². The molecule has 1 unspecified atom stereocenters. The fourth-order valence-corrected chi connectivity index (χ4v) is 2.10. The molecule has 0 aliphatic carbocycles. The number of primary amides is 1. The van der Waals surface area contributed by atoms with Crippen molar-refractivity contribution < 1.29 is 4.79 Å². The zero-order valence-corrected chi connectivity index (χ0v) is 9.74. The maximum Gasteiger partial charge on any atom is 0.240 e. The van der Waals surface area contributed by atoms with Crippen molar-refractivity contribution in [3.63, 3.8) is 0 Å². The Morgan fingerprint density at radius 1 is 1.31 bits per heavy atom. The molecule has 1 aromatic rings. The molecule has 8 heteroatoms. The fourth-order valence-electron chi connectivity index (χ4n) is 1.75. The Balaban J connectivity index is 2.32.